The third-order valence-electron chi connectivity index (χ3n) is 5.36. The number of hydrogen-bond donors (Lipinski definition) is 1. The Morgan fingerprint density at radius 2 is 1.90 bits per heavy atom. The molecule has 3 atom stereocenters. The van der Waals surface area contributed by atoms with E-state index in [0.29, 0.717) is 11.5 Å². The van der Waals surface area contributed by atoms with Crippen LogP contribution in [0.1, 0.15) is 44.2 Å². The van der Waals surface area contributed by atoms with Crippen molar-refractivity contribution in [2.24, 2.45) is 5.92 Å². The molecule has 2 aliphatic heterocycles. The highest BCUT2D eigenvalue weighted by Gasteiger charge is 2.38. The number of hydrogen-bond acceptors (Lipinski definition) is 2. The van der Waals surface area contributed by atoms with Crippen molar-refractivity contribution in [3.8, 4) is 0 Å². The zero-order chi connectivity index (χ0) is 15.0. The van der Waals surface area contributed by atoms with E-state index in [2.05, 4.69) is 17.3 Å². The highest BCUT2D eigenvalue weighted by atomic mass is 19.2. The minimum absolute atomic E-state index is 0.155. The summed E-state index contributed by atoms with van der Waals surface area (Å²) in [6, 6.07) is 5.68. The van der Waals surface area contributed by atoms with Gasteiger partial charge < -0.3 is 10.2 Å². The van der Waals surface area contributed by atoms with Crippen molar-refractivity contribution < 1.29 is 8.78 Å². The van der Waals surface area contributed by atoms with Gasteiger partial charge in [0, 0.05) is 23.7 Å². The van der Waals surface area contributed by atoms with Crippen molar-refractivity contribution >= 4 is 0 Å². The van der Waals surface area contributed by atoms with E-state index in [1.54, 1.807) is 12.1 Å². The van der Waals surface area contributed by atoms with Crippen LogP contribution in [0.3, 0.4) is 0 Å². The molecule has 0 aromatic heterocycles. The predicted molar refractivity (Wildman–Crippen MR) is 80.1 cm³/mol. The van der Waals surface area contributed by atoms with Crippen molar-refractivity contribution in [1.29, 1.82) is 0 Å². The zero-order valence-electron chi connectivity index (χ0n) is 12.8. The number of nitrogens with one attached hydrogen (secondary N) is 1. The third-order valence-corrected chi connectivity index (χ3v) is 5.36. The molecule has 3 unspecified atom stereocenters. The second-order valence-corrected chi connectivity index (χ2v) is 6.66. The summed E-state index contributed by atoms with van der Waals surface area (Å²) in [7, 11) is 2.23. The van der Waals surface area contributed by atoms with Gasteiger partial charge in [-0.05, 0) is 58.2 Å². The van der Waals surface area contributed by atoms with E-state index in [0.717, 1.165) is 18.6 Å². The van der Waals surface area contributed by atoms with Gasteiger partial charge in [0.1, 0.15) is 0 Å². The standard InChI is InChI=1S/C17H24F2N2/c1-11(15-4-3-5-16(18)17(15)19)20-10-12-8-13-6-7-14(9-12)21(13)2/h3-5,11-14,20H,6-10H2,1-2H3. The molecule has 4 heteroatoms. The monoisotopic (exact) mass is 294 g/mol. The molecule has 2 fully saturated rings. The van der Waals surface area contributed by atoms with Crippen LogP contribution < -0.4 is 5.32 Å². The molecule has 1 aromatic carbocycles. The van der Waals surface area contributed by atoms with Gasteiger partial charge in [0.25, 0.3) is 0 Å². The normalized spacial score (nSPS) is 30.6. The van der Waals surface area contributed by atoms with Crippen LogP contribution in [0.2, 0.25) is 0 Å². The highest BCUT2D eigenvalue weighted by Crippen LogP contribution is 2.37. The van der Waals surface area contributed by atoms with Gasteiger partial charge in [-0.15, -0.1) is 0 Å². The molecule has 2 heterocycles. The lowest BCUT2D eigenvalue weighted by Crippen LogP contribution is -2.42. The minimum atomic E-state index is -0.765. The summed E-state index contributed by atoms with van der Waals surface area (Å²) in [5.41, 5.74) is 0.422. The van der Waals surface area contributed by atoms with Gasteiger partial charge in [0.15, 0.2) is 11.6 Å². The van der Waals surface area contributed by atoms with E-state index >= 15 is 0 Å². The molecule has 2 saturated heterocycles. The lowest BCUT2D eigenvalue weighted by atomic mass is 9.90. The van der Waals surface area contributed by atoms with Gasteiger partial charge in [-0.3, -0.25) is 0 Å². The molecule has 1 N–H and O–H groups in total. The second-order valence-electron chi connectivity index (χ2n) is 6.66. The van der Waals surface area contributed by atoms with E-state index in [9.17, 15) is 8.78 Å². The molecule has 2 bridgehead atoms. The Balaban J connectivity index is 1.57. The molecule has 21 heavy (non-hydrogen) atoms. The van der Waals surface area contributed by atoms with E-state index in [1.165, 1.54) is 31.7 Å². The van der Waals surface area contributed by atoms with Gasteiger partial charge in [0.05, 0.1) is 0 Å². The molecule has 0 spiro atoms. The maximum absolute atomic E-state index is 13.8. The van der Waals surface area contributed by atoms with Crippen molar-refractivity contribution in [3.05, 3.63) is 35.4 Å². The lowest BCUT2D eigenvalue weighted by molar-refractivity contribution is 0.131. The number of halogens is 2. The first-order chi connectivity index (χ1) is 10.1. The fraction of sp³-hybridized carbons (Fsp3) is 0.647. The first kappa shape index (κ1) is 14.9. The van der Waals surface area contributed by atoms with Crippen LogP contribution in [-0.4, -0.2) is 30.6 Å². The molecule has 2 aliphatic rings. The number of nitrogens with zero attached hydrogens (tertiary/aromatic N) is 1. The van der Waals surface area contributed by atoms with Gasteiger partial charge in [0.2, 0.25) is 0 Å². The van der Waals surface area contributed by atoms with E-state index in [1.807, 2.05) is 6.92 Å². The Bertz CT molecular complexity index is 492. The van der Waals surface area contributed by atoms with Crippen LogP contribution in [0.4, 0.5) is 8.78 Å². The largest absolute Gasteiger partial charge is 0.310 e. The topological polar surface area (TPSA) is 15.3 Å². The van der Waals surface area contributed by atoms with Crippen molar-refractivity contribution in [1.82, 2.24) is 10.2 Å². The van der Waals surface area contributed by atoms with Crippen molar-refractivity contribution in [2.75, 3.05) is 13.6 Å². The first-order valence-electron chi connectivity index (χ1n) is 7.95. The van der Waals surface area contributed by atoms with Gasteiger partial charge >= 0.3 is 0 Å². The number of piperidine rings is 1. The maximum Gasteiger partial charge on any atom is 0.163 e. The number of rotatable bonds is 4. The SMILES string of the molecule is CC(NCC1CC2CCC(C1)N2C)c1cccc(F)c1F. The Morgan fingerprint density at radius 1 is 1.24 bits per heavy atom. The van der Waals surface area contributed by atoms with Gasteiger partial charge in [-0.1, -0.05) is 12.1 Å². The van der Waals surface area contributed by atoms with Gasteiger partial charge in [-0.25, -0.2) is 8.78 Å². The second kappa shape index (κ2) is 6.01. The smallest absolute Gasteiger partial charge is 0.163 e. The Kier molecular flexibility index (Phi) is 4.27. The summed E-state index contributed by atoms with van der Waals surface area (Å²) >= 11 is 0. The summed E-state index contributed by atoms with van der Waals surface area (Å²) in [4.78, 5) is 2.52. The van der Waals surface area contributed by atoms with Crippen LogP contribution in [-0.2, 0) is 0 Å². The molecule has 0 amide bonds. The van der Waals surface area contributed by atoms with Gasteiger partial charge in [-0.2, -0.15) is 0 Å². The third kappa shape index (κ3) is 2.97. The number of benzene rings is 1. The summed E-state index contributed by atoms with van der Waals surface area (Å²) in [5, 5.41) is 3.40. The fourth-order valence-corrected chi connectivity index (χ4v) is 4.00. The molecular weight excluding hydrogens is 270 g/mol. The van der Waals surface area contributed by atoms with Crippen LogP contribution >= 0.6 is 0 Å². The van der Waals surface area contributed by atoms with Crippen molar-refractivity contribution in [2.45, 2.75) is 50.7 Å². The Labute approximate surface area is 125 Å². The maximum atomic E-state index is 13.8. The summed E-state index contributed by atoms with van der Waals surface area (Å²) < 4.78 is 27.1. The lowest BCUT2D eigenvalue weighted by Gasteiger charge is -2.36. The Morgan fingerprint density at radius 3 is 2.57 bits per heavy atom. The predicted octanol–water partition coefficient (Wildman–Crippen LogP) is 3.49. The summed E-state index contributed by atoms with van der Waals surface area (Å²) in [6.07, 6.45) is 5.06. The van der Waals surface area contributed by atoms with Crippen LogP contribution in [0, 0.1) is 17.6 Å². The highest BCUT2D eigenvalue weighted by molar-refractivity contribution is 5.22. The van der Waals surface area contributed by atoms with E-state index in [-0.39, 0.29) is 6.04 Å². The molecule has 0 radical (unpaired) electrons. The molecule has 1 aromatic rings. The summed E-state index contributed by atoms with van der Waals surface area (Å²) in [6.45, 7) is 2.79. The minimum Gasteiger partial charge on any atom is -0.310 e. The average Bonchev–Trinajstić information content (AvgIpc) is 2.70. The van der Waals surface area contributed by atoms with Crippen molar-refractivity contribution in [3.63, 3.8) is 0 Å². The van der Waals surface area contributed by atoms with Crippen LogP contribution in [0.15, 0.2) is 18.2 Å². The van der Waals surface area contributed by atoms with E-state index < -0.39 is 11.6 Å². The Hall–Kier alpha value is -1.00. The quantitative estimate of drug-likeness (QED) is 0.914. The molecular formula is C17H24F2N2. The van der Waals surface area contributed by atoms with Crippen LogP contribution in [0.5, 0.6) is 0 Å². The molecule has 3 rings (SSSR count). The molecule has 0 saturated carbocycles. The first-order valence-corrected chi connectivity index (χ1v) is 7.95. The molecule has 116 valence electrons. The summed E-state index contributed by atoms with van der Waals surface area (Å²) in [5.74, 6) is -0.836. The number of fused-ring (bicyclic) bond motifs is 2. The fourth-order valence-electron chi connectivity index (χ4n) is 4.00. The molecule has 0 aliphatic carbocycles. The molecule has 2 nitrogen and oxygen atoms in total. The average molecular weight is 294 g/mol. The van der Waals surface area contributed by atoms with Crippen LogP contribution in [0.25, 0.3) is 0 Å². The zero-order valence-corrected chi connectivity index (χ0v) is 12.8. The van der Waals surface area contributed by atoms with E-state index in [4.69, 9.17) is 0 Å².